The Bertz CT molecular complexity index is 95.8. The molecule has 0 radical (unpaired) electrons. The summed E-state index contributed by atoms with van der Waals surface area (Å²) in [5.41, 5.74) is 0. The fourth-order valence-electron chi connectivity index (χ4n) is 1.01. The van der Waals surface area contributed by atoms with Gasteiger partial charge in [0.2, 0.25) is 0 Å². The number of aliphatic hydroxyl groups is 2. The summed E-state index contributed by atoms with van der Waals surface area (Å²) < 4.78 is 5.08. The zero-order chi connectivity index (χ0) is 7.40. The molecule has 68 valence electrons. The van der Waals surface area contributed by atoms with Gasteiger partial charge < -0.3 is 14.9 Å². The quantitative estimate of drug-likeness (QED) is 0.543. The van der Waals surface area contributed by atoms with E-state index < -0.39 is 6.29 Å². The van der Waals surface area contributed by atoms with Crippen molar-refractivity contribution in [3.8, 4) is 0 Å². The number of hydrogen-bond donors (Lipinski definition) is 2. The first-order chi connectivity index (χ1) is 4.79. The van der Waals surface area contributed by atoms with E-state index in [1.54, 1.807) is 0 Å². The van der Waals surface area contributed by atoms with Gasteiger partial charge in [0.1, 0.15) is 0 Å². The lowest BCUT2D eigenvalue weighted by molar-refractivity contribution is -0.0763. The number of nitrogens with zero attached hydrogens (tertiary/aromatic N) is 1. The Kier molecular flexibility index (Phi) is 5.81. The van der Waals surface area contributed by atoms with Crippen molar-refractivity contribution in [3.63, 3.8) is 0 Å². The van der Waals surface area contributed by atoms with Gasteiger partial charge in [0, 0.05) is 19.6 Å². The third-order valence-electron chi connectivity index (χ3n) is 1.53. The Labute approximate surface area is 72.2 Å². The molecular formula is C6H14ClNO3. The minimum absolute atomic E-state index is 0. The third kappa shape index (κ3) is 4.55. The van der Waals surface area contributed by atoms with Crippen molar-refractivity contribution in [2.24, 2.45) is 0 Å². The second-order valence-corrected chi connectivity index (χ2v) is 2.39. The van der Waals surface area contributed by atoms with Crippen LogP contribution in [0.25, 0.3) is 0 Å². The Morgan fingerprint density at radius 3 is 2.27 bits per heavy atom. The molecule has 1 saturated heterocycles. The standard InChI is InChI=1S/C6H13NO3.ClH/c8-6(9)5-7-1-3-10-4-2-7;/h6,8-9H,1-5H2;1H. The van der Waals surface area contributed by atoms with Crippen molar-refractivity contribution < 1.29 is 14.9 Å². The molecule has 2 N–H and O–H groups in total. The first kappa shape index (κ1) is 11.1. The Morgan fingerprint density at radius 2 is 1.82 bits per heavy atom. The van der Waals surface area contributed by atoms with Gasteiger partial charge in [0.25, 0.3) is 0 Å². The van der Waals surface area contributed by atoms with Gasteiger partial charge in [0.05, 0.1) is 13.2 Å². The highest BCUT2D eigenvalue weighted by molar-refractivity contribution is 5.85. The molecule has 1 heterocycles. The molecule has 0 amide bonds. The van der Waals surface area contributed by atoms with Crippen molar-refractivity contribution in [1.29, 1.82) is 0 Å². The van der Waals surface area contributed by atoms with Crippen LogP contribution in [0, 0.1) is 0 Å². The van der Waals surface area contributed by atoms with Gasteiger partial charge >= 0.3 is 0 Å². The van der Waals surface area contributed by atoms with Crippen molar-refractivity contribution in [2.75, 3.05) is 32.8 Å². The van der Waals surface area contributed by atoms with Crippen LogP contribution >= 0.6 is 12.4 Å². The minimum atomic E-state index is -1.21. The Morgan fingerprint density at radius 1 is 1.27 bits per heavy atom. The van der Waals surface area contributed by atoms with E-state index in [9.17, 15) is 0 Å². The molecule has 11 heavy (non-hydrogen) atoms. The smallest absolute Gasteiger partial charge is 0.164 e. The lowest BCUT2D eigenvalue weighted by Gasteiger charge is -2.26. The molecule has 0 unspecified atom stereocenters. The van der Waals surface area contributed by atoms with E-state index in [0.29, 0.717) is 19.8 Å². The van der Waals surface area contributed by atoms with Crippen LogP contribution in [-0.2, 0) is 4.74 Å². The van der Waals surface area contributed by atoms with Crippen LogP contribution in [0.1, 0.15) is 0 Å². The lowest BCUT2D eigenvalue weighted by atomic mass is 10.4. The average Bonchev–Trinajstić information content (AvgIpc) is 1.88. The number of β-amino-alcohol motifs (C(OH)–C–C–N with tert-alkyl or cyclic N) is 2. The highest BCUT2D eigenvalue weighted by Crippen LogP contribution is 1.96. The lowest BCUT2D eigenvalue weighted by Crippen LogP contribution is -2.40. The SMILES string of the molecule is Cl.OC(O)CN1CCOCC1. The molecule has 0 aromatic heterocycles. The van der Waals surface area contributed by atoms with E-state index in [-0.39, 0.29) is 12.4 Å². The van der Waals surface area contributed by atoms with Crippen LogP contribution in [-0.4, -0.2) is 54.3 Å². The van der Waals surface area contributed by atoms with Gasteiger partial charge in [-0.25, -0.2) is 0 Å². The summed E-state index contributed by atoms with van der Waals surface area (Å²) in [5, 5.41) is 17.2. The fraction of sp³-hybridized carbons (Fsp3) is 1.00. The molecule has 1 aliphatic heterocycles. The highest BCUT2D eigenvalue weighted by Gasteiger charge is 2.12. The van der Waals surface area contributed by atoms with Crippen molar-refractivity contribution in [2.45, 2.75) is 6.29 Å². The molecule has 4 nitrogen and oxygen atoms in total. The number of ether oxygens (including phenoxy) is 1. The van der Waals surface area contributed by atoms with Gasteiger partial charge in [0.15, 0.2) is 6.29 Å². The second-order valence-electron chi connectivity index (χ2n) is 2.39. The molecule has 0 atom stereocenters. The molecule has 0 aromatic rings. The number of morpholine rings is 1. The molecule has 0 bridgehead atoms. The van der Waals surface area contributed by atoms with Gasteiger partial charge in [-0.05, 0) is 0 Å². The molecule has 1 rings (SSSR count). The molecule has 1 fully saturated rings. The van der Waals surface area contributed by atoms with E-state index >= 15 is 0 Å². The monoisotopic (exact) mass is 183 g/mol. The van der Waals surface area contributed by atoms with Gasteiger partial charge in [-0.15, -0.1) is 12.4 Å². The topological polar surface area (TPSA) is 52.9 Å². The van der Waals surface area contributed by atoms with E-state index in [0.717, 1.165) is 13.1 Å². The Hall–Kier alpha value is 0.130. The summed E-state index contributed by atoms with van der Waals surface area (Å²) in [7, 11) is 0. The van der Waals surface area contributed by atoms with E-state index in [1.165, 1.54) is 0 Å². The van der Waals surface area contributed by atoms with Gasteiger partial charge in [-0.2, -0.15) is 0 Å². The second kappa shape index (κ2) is 5.74. The summed E-state index contributed by atoms with van der Waals surface area (Å²) in [6.45, 7) is 3.35. The van der Waals surface area contributed by atoms with Crippen molar-refractivity contribution >= 4 is 12.4 Å². The third-order valence-corrected chi connectivity index (χ3v) is 1.53. The molecule has 0 saturated carbocycles. The molecule has 5 heteroatoms. The van der Waals surface area contributed by atoms with Crippen LogP contribution in [0.15, 0.2) is 0 Å². The average molecular weight is 184 g/mol. The van der Waals surface area contributed by atoms with Crippen LogP contribution in [0.2, 0.25) is 0 Å². The van der Waals surface area contributed by atoms with E-state index in [2.05, 4.69) is 0 Å². The zero-order valence-electron chi connectivity index (χ0n) is 6.27. The van der Waals surface area contributed by atoms with Crippen LogP contribution in [0.4, 0.5) is 0 Å². The highest BCUT2D eigenvalue weighted by atomic mass is 35.5. The predicted molar refractivity (Wildman–Crippen MR) is 42.7 cm³/mol. The normalized spacial score (nSPS) is 19.9. The number of aliphatic hydroxyl groups excluding tert-OH is 1. The molecule has 0 aromatic carbocycles. The predicted octanol–water partition coefficient (Wildman–Crippen LogP) is -0.949. The molecule has 0 spiro atoms. The Balaban J connectivity index is 0.000001000. The van der Waals surface area contributed by atoms with Gasteiger partial charge in [-0.1, -0.05) is 0 Å². The fourth-order valence-corrected chi connectivity index (χ4v) is 1.01. The summed E-state index contributed by atoms with van der Waals surface area (Å²) >= 11 is 0. The van der Waals surface area contributed by atoms with Crippen molar-refractivity contribution in [3.05, 3.63) is 0 Å². The summed E-state index contributed by atoms with van der Waals surface area (Å²) in [6.07, 6.45) is -1.21. The number of hydrogen-bond acceptors (Lipinski definition) is 4. The molecule has 1 aliphatic rings. The van der Waals surface area contributed by atoms with Crippen LogP contribution < -0.4 is 0 Å². The summed E-state index contributed by atoms with van der Waals surface area (Å²) in [6, 6.07) is 0. The zero-order valence-corrected chi connectivity index (χ0v) is 7.09. The summed E-state index contributed by atoms with van der Waals surface area (Å²) in [4.78, 5) is 1.97. The van der Waals surface area contributed by atoms with Gasteiger partial charge in [-0.3, -0.25) is 4.90 Å². The van der Waals surface area contributed by atoms with E-state index in [1.807, 2.05) is 4.90 Å². The number of rotatable bonds is 2. The minimum Gasteiger partial charge on any atom is -0.379 e. The maximum atomic E-state index is 8.58. The first-order valence-electron chi connectivity index (χ1n) is 3.45. The van der Waals surface area contributed by atoms with Crippen LogP contribution in [0.5, 0.6) is 0 Å². The number of halogens is 1. The largest absolute Gasteiger partial charge is 0.379 e. The molecular weight excluding hydrogens is 170 g/mol. The van der Waals surface area contributed by atoms with Crippen molar-refractivity contribution in [1.82, 2.24) is 4.90 Å². The maximum absolute atomic E-state index is 8.58. The van der Waals surface area contributed by atoms with Crippen LogP contribution in [0.3, 0.4) is 0 Å². The van der Waals surface area contributed by atoms with E-state index in [4.69, 9.17) is 14.9 Å². The first-order valence-corrected chi connectivity index (χ1v) is 3.45. The molecule has 0 aliphatic carbocycles. The summed E-state index contributed by atoms with van der Waals surface area (Å²) in [5.74, 6) is 0. The maximum Gasteiger partial charge on any atom is 0.164 e.